The first-order valence-corrected chi connectivity index (χ1v) is 9.05. The molecule has 0 aliphatic carbocycles. The Labute approximate surface area is 153 Å². The van der Waals surface area contributed by atoms with Gasteiger partial charge in [0.25, 0.3) is 5.91 Å². The monoisotopic (exact) mass is 352 g/mol. The van der Waals surface area contributed by atoms with E-state index in [1.165, 1.54) is 0 Å². The number of rotatable bonds is 5. The van der Waals surface area contributed by atoms with Gasteiger partial charge >= 0.3 is 0 Å². The van der Waals surface area contributed by atoms with Crippen LogP contribution in [-0.2, 0) is 18.3 Å². The minimum atomic E-state index is 0.0450. The van der Waals surface area contributed by atoms with Crippen molar-refractivity contribution in [3.8, 4) is 0 Å². The highest BCUT2D eigenvalue weighted by atomic mass is 16.5. The molecule has 3 aromatic rings. The number of fused-ring (bicyclic) bond motifs is 1. The number of para-hydroxylation sites is 1. The number of benzene rings is 1. The summed E-state index contributed by atoms with van der Waals surface area (Å²) in [6.07, 6.45) is 7.67. The number of hydrogen-bond donors (Lipinski definition) is 0. The zero-order chi connectivity index (χ0) is 18.1. The van der Waals surface area contributed by atoms with Crippen LogP contribution in [0.3, 0.4) is 0 Å². The number of nitrogens with zero attached hydrogens (tertiary/aromatic N) is 4. The van der Waals surface area contributed by atoms with Gasteiger partial charge in [-0.2, -0.15) is 0 Å². The van der Waals surface area contributed by atoms with Gasteiger partial charge in [0.05, 0.1) is 18.2 Å². The molecule has 3 heterocycles. The van der Waals surface area contributed by atoms with Crippen LogP contribution in [0.5, 0.6) is 0 Å². The summed E-state index contributed by atoms with van der Waals surface area (Å²) < 4.78 is 9.34. The van der Waals surface area contributed by atoms with Crippen molar-refractivity contribution in [3.63, 3.8) is 0 Å². The Morgan fingerprint density at radius 2 is 2.19 bits per heavy atom. The lowest BCUT2D eigenvalue weighted by molar-refractivity contribution is 0.0730. The van der Waals surface area contributed by atoms with E-state index in [-0.39, 0.29) is 11.9 Å². The molecule has 136 valence electrons. The van der Waals surface area contributed by atoms with E-state index in [0.29, 0.717) is 6.61 Å². The second-order valence-electron chi connectivity index (χ2n) is 6.80. The molecule has 6 heteroatoms. The van der Waals surface area contributed by atoms with E-state index in [9.17, 15) is 4.79 Å². The number of amides is 1. The lowest BCUT2D eigenvalue weighted by Gasteiger charge is -2.24. The first kappa shape index (κ1) is 16.8. The zero-order valence-corrected chi connectivity index (χ0v) is 15.3. The van der Waals surface area contributed by atoms with Gasteiger partial charge in [-0.1, -0.05) is 18.2 Å². The second-order valence-corrected chi connectivity index (χ2v) is 6.80. The van der Waals surface area contributed by atoms with Crippen molar-refractivity contribution in [1.82, 2.24) is 19.0 Å². The summed E-state index contributed by atoms with van der Waals surface area (Å²) in [5.41, 5.74) is 1.83. The third-order valence-corrected chi connectivity index (χ3v) is 5.23. The Morgan fingerprint density at radius 3 is 2.96 bits per heavy atom. The highest BCUT2D eigenvalue weighted by molar-refractivity contribution is 6.07. The highest BCUT2D eigenvalue weighted by Gasteiger charge is 2.34. The van der Waals surface area contributed by atoms with Gasteiger partial charge in [-0.15, -0.1) is 0 Å². The van der Waals surface area contributed by atoms with Crippen LogP contribution in [0.2, 0.25) is 0 Å². The fraction of sp³-hybridized carbons (Fsp3) is 0.400. The SMILES string of the molecule is COCCn1cc(C(=O)N2CCCC2c2nccn2C)c2ccccc21. The maximum absolute atomic E-state index is 13.4. The molecule has 1 unspecified atom stereocenters. The standard InChI is InChI=1S/C20H24N4O2/c1-22-11-9-21-19(22)18-8-5-10-24(18)20(25)16-14-23(12-13-26-2)17-7-4-3-6-15(16)17/h3-4,6-7,9,11,14,18H,5,8,10,12-13H2,1-2H3. The maximum Gasteiger partial charge on any atom is 0.256 e. The van der Waals surface area contributed by atoms with E-state index < -0.39 is 0 Å². The molecule has 1 saturated heterocycles. The minimum absolute atomic E-state index is 0.0450. The van der Waals surface area contributed by atoms with Crippen molar-refractivity contribution in [1.29, 1.82) is 0 Å². The Hall–Kier alpha value is -2.60. The average molecular weight is 352 g/mol. The van der Waals surface area contributed by atoms with E-state index in [1.807, 2.05) is 47.1 Å². The third kappa shape index (κ3) is 2.80. The molecule has 6 nitrogen and oxygen atoms in total. The fourth-order valence-electron chi connectivity index (χ4n) is 3.92. The number of aryl methyl sites for hydroxylation is 1. The summed E-state index contributed by atoms with van der Waals surface area (Å²) in [5.74, 6) is 1.04. The van der Waals surface area contributed by atoms with Crippen LogP contribution in [0.15, 0.2) is 42.9 Å². The first-order valence-electron chi connectivity index (χ1n) is 9.05. The summed E-state index contributed by atoms with van der Waals surface area (Å²) in [4.78, 5) is 19.9. The Balaban J connectivity index is 1.71. The van der Waals surface area contributed by atoms with Crippen LogP contribution in [0.25, 0.3) is 10.9 Å². The zero-order valence-electron chi connectivity index (χ0n) is 15.3. The Bertz CT molecular complexity index is 927. The van der Waals surface area contributed by atoms with Gasteiger partial charge in [0, 0.05) is 56.7 Å². The molecule has 2 aromatic heterocycles. The number of aromatic nitrogens is 3. The quantitative estimate of drug-likeness (QED) is 0.709. The number of carbonyl (C=O) groups excluding carboxylic acids is 1. The van der Waals surface area contributed by atoms with Crippen LogP contribution in [0, 0.1) is 0 Å². The topological polar surface area (TPSA) is 52.3 Å². The Kier molecular flexibility index (Phi) is 4.51. The van der Waals surface area contributed by atoms with Gasteiger partial charge in [-0.3, -0.25) is 4.79 Å². The first-order chi connectivity index (χ1) is 12.7. The number of likely N-dealkylation sites (tertiary alicyclic amines) is 1. The van der Waals surface area contributed by atoms with Crippen LogP contribution >= 0.6 is 0 Å². The summed E-state index contributed by atoms with van der Waals surface area (Å²) in [7, 11) is 3.68. The molecule has 0 radical (unpaired) electrons. The summed E-state index contributed by atoms with van der Waals surface area (Å²) in [5, 5.41) is 0.999. The molecule has 1 atom stereocenters. The Morgan fingerprint density at radius 1 is 1.35 bits per heavy atom. The average Bonchev–Trinajstić information content (AvgIpc) is 3.37. The lowest BCUT2D eigenvalue weighted by atomic mass is 10.1. The minimum Gasteiger partial charge on any atom is -0.383 e. The largest absolute Gasteiger partial charge is 0.383 e. The maximum atomic E-state index is 13.4. The van der Waals surface area contributed by atoms with Crippen LogP contribution in [0.1, 0.15) is 35.1 Å². The molecule has 26 heavy (non-hydrogen) atoms. The van der Waals surface area contributed by atoms with Crippen molar-refractivity contribution in [2.75, 3.05) is 20.3 Å². The molecule has 0 N–H and O–H groups in total. The molecule has 1 aliphatic rings. The van der Waals surface area contributed by atoms with Crippen molar-refractivity contribution in [2.45, 2.75) is 25.4 Å². The highest BCUT2D eigenvalue weighted by Crippen LogP contribution is 2.33. The fourth-order valence-corrected chi connectivity index (χ4v) is 3.92. The van der Waals surface area contributed by atoms with Crippen LogP contribution in [-0.4, -0.2) is 45.2 Å². The van der Waals surface area contributed by atoms with Crippen molar-refractivity contribution in [3.05, 3.63) is 54.2 Å². The number of methoxy groups -OCH3 is 1. The third-order valence-electron chi connectivity index (χ3n) is 5.23. The van der Waals surface area contributed by atoms with Gasteiger partial charge in [-0.05, 0) is 18.9 Å². The van der Waals surface area contributed by atoms with Gasteiger partial charge in [-0.25, -0.2) is 4.98 Å². The second kappa shape index (κ2) is 6.96. The number of hydrogen-bond acceptors (Lipinski definition) is 3. The van der Waals surface area contributed by atoms with E-state index in [1.54, 1.807) is 13.3 Å². The molecule has 1 fully saturated rings. The van der Waals surface area contributed by atoms with Gasteiger partial charge < -0.3 is 18.8 Å². The smallest absolute Gasteiger partial charge is 0.256 e. The van der Waals surface area contributed by atoms with E-state index in [2.05, 4.69) is 15.6 Å². The van der Waals surface area contributed by atoms with Crippen molar-refractivity contribution in [2.24, 2.45) is 7.05 Å². The molecular weight excluding hydrogens is 328 g/mol. The molecule has 0 spiro atoms. The van der Waals surface area contributed by atoms with Crippen molar-refractivity contribution >= 4 is 16.8 Å². The number of imidazole rings is 1. The molecule has 0 bridgehead atoms. The van der Waals surface area contributed by atoms with E-state index in [4.69, 9.17) is 4.74 Å². The number of carbonyl (C=O) groups is 1. The van der Waals surface area contributed by atoms with E-state index >= 15 is 0 Å². The van der Waals surface area contributed by atoms with Crippen molar-refractivity contribution < 1.29 is 9.53 Å². The van der Waals surface area contributed by atoms with Crippen LogP contribution < -0.4 is 0 Å². The summed E-state index contributed by atoms with van der Waals surface area (Å²) >= 11 is 0. The lowest BCUT2D eigenvalue weighted by Crippen LogP contribution is -2.31. The van der Waals surface area contributed by atoms with Gasteiger partial charge in [0.1, 0.15) is 5.82 Å². The molecule has 1 amide bonds. The predicted octanol–water partition coefficient (Wildman–Crippen LogP) is 3.00. The number of ether oxygens (including phenoxy) is 1. The molecule has 1 aliphatic heterocycles. The molecule has 1 aromatic carbocycles. The predicted molar refractivity (Wildman–Crippen MR) is 100 cm³/mol. The summed E-state index contributed by atoms with van der Waals surface area (Å²) in [6, 6.07) is 8.12. The van der Waals surface area contributed by atoms with Crippen LogP contribution in [0.4, 0.5) is 0 Å². The van der Waals surface area contributed by atoms with E-state index in [0.717, 1.165) is 48.2 Å². The van der Waals surface area contributed by atoms with Gasteiger partial charge in [0.2, 0.25) is 0 Å². The normalized spacial score (nSPS) is 17.3. The van der Waals surface area contributed by atoms with Gasteiger partial charge in [0.15, 0.2) is 0 Å². The molecule has 0 saturated carbocycles. The molecular formula is C20H24N4O2. The summed E-state index contributed by atoms with van der Waals surface area (Å²) in [6.45, 7) is 2.12. The molecule has 4 rings (SSSR count).